The third-order valence-corrected chi connectivity index (χ3v) is 6.50. The smallest absolute Gasteiger partial charge is 0.326 e. The van der Waals surface area contributed by atoms with E-state index in [1.54, 1.807) is 19.1 Å². The topological polar surface area (TPSA) is 89.7 Å². The predicted octanol–water partition coefficient (Wildman–Crippen LogP) is 6.02. The first-order valence-corrected chi connectivity index (χ1v) is 12.0. The summed E-state index contributed by atoms with van der Waals surface area (Å²) in [7, 11) is 3.22. The minimum absolute atomic E-state index is 0.245. The van der Waals surface area contributed by atoms with Crippen LogP contribution in [-0.4, -0.2) is 30.4 Å². The van der Waals surface area contributed by atoms with Gasteiger partial charge in [-0.05, 0) is 60.9 Å². The van der Waals surface area contributed by atoms with Crippen LogP contribution in [0.4, 0.5) is 10.5 Å². The van der Waals surface area contributed by atoms with E-state index >= 15 is 0 Å². The van der Waals surface area contributed by atoms with Gasteiger partial charge in [0.25, 0.3) is 5.89 Å². The second-order valence-corrected chi connectivity index (χ2v) is 8.67. The van der Waals surface area contributed by atoms with Crippen molar-refractivity contribution in [2.45, 2.75) is 26.3 Å². The van der Waals surface area contributed by atoms with Crippen LogP contribution in [0, 0.1) is 0 Å². The van der Waals surface area contributed by atoms with Crippen molar-refractivity contribution in [1.82, 2.24) is 15.5 Å². The summed E-state index contributed by atoms with van der Waals surface area (Å²) in [4.78, 5) is 19.8. The first kappa shape index (κ1) is 24.1. The molecule has 0 saturated heterocycles. The lowest BCUT2D eigenvalue weighted by molar-refractivity contribution is 0.244. The van der Waals surface area contributed by atoms with Crippen LogP contribution in [0.5, 0.6) is 11.5 Å². The van der Waals surface area contributed by atoms with E-state index in [0.29, 0.717) is 34.5 Å². The summed E-state index contributed by atoms with van der Waals surface area (Å²) < 4.78 is 16.6. The molecule has 1 aliphatic heterocycles. The van der Waals surface area contributed by atoms with Crippen LogP contribution >= 0.6 is 0 Å². The van der Waals surface area contributed by atoms with Crippen molar-refractivity contribution >= 4 is 17.3 Å². The molecule has 8 nitrogen and oxygen atoms in total. The Morgan fingerprint density at radius 2 is 1.68 bits per heavy atom. The van der Waals surface area contributed by atoms with E-state index in [-0.39, 0.29) is 6.03 Å². The van der Waals surface area contributed by atoms with Gasteiger partial charge in [0, 0.05) is 11.3 Å². The molecule has 8 heteroatoms. The number of aryl methyl sites for hydroxylation is 1. The SMILES string of the molecule is CCc1ccc(N2C(=O)NC(c3cccc(OC)c3)C(c3nc(-c4cccc(OC)c4)no3)=C2C)cc1. The number of rotatable bonds is 7. The van der Waals surface area contributed by atoms with Crippen molar-refractivity contribution in [3.63, 3.8) is 0 Å². The van der Waals surface area contributed by atoms with Gasteiger partial charge in [0.1, 0.15) is 11.5 Å². The van der Waals surface area contributed by atoms with E-state index in [1.807, 2.05) is 79.7 Å². The Morgan fingerprint density at radius 3 is 2.38 bits per heavy atom. The van der Waals surface area contributed by atoms with E-state index in [1.165, 1.54) is 5.56 Å². The van der Waals surface area contributed by atoms with E-state index in [4.69, 9.17) is 19.0 Å². The Morgan fingerprint density at radius 1 is 0.973 bits per heavy atom. The van der Waals surface area contributed by atoms with Gasteiger partial charge in [-0.1, -0.05) is 48.5 Å². The molecule has 0 fully saturated rings. The summed E-state index contributed by atoms with van der Waals surface area (Å²) in [5.74, 6) is 2.12. The normalized spacial score (nSPS) is 15.5. The fourth-order valence-corrected chi connectivity index (χ4v) is 4.50. The van der Waals surface area contributed by atoms with Gasteiger partial charge in [0.05, 0.1) is 31.5 Å². The van der Waals surface area contributed by atoms with Crippen molar-refractivity contribution < 1.29 is 18.8 Å². The molecule has 1 N–H and O–H groups in total. The molecular weight excluding hydrogens is 468 g/mol. The van der Waals surface area contributed by atoms with Crippen LogP contribution in [0.3, 0.4) is 0 Å². The number of amides is 2. The molecule has 1 atom stereocenters. The quantitative estimate of drug-likeness (QED) is 0.337. The minimum Gasteiger partial charge on any atom is -0.497 e. The Hall–Kier alpha value is -4.59. The maximum absolute atomic E-state index is 13.4. The highest BCUT2D eigenvalue weighted by Crippen LogP contribution is 2.40. The summed E-state index contributed by atoms with van der Waals surface area (Å²) in [5, 5.41) is 7.37. The van der Waals surface area contributed by atoms with Crippen LogP contribution in [-0.2, 0) is 6.42 Å². The molecule has 0 bridgehead atoms. The number of nitrogens with one attached hydrogen (secondary N) is 1. The molecule has 37 heavy (non-hydrogen) atoms. The third-order valence-electron chi connectivity index (χ3n) is 6.50. The van der Waals surface area contributed by atoms with Crippen LogP contribution in [0.1, 0.15) is 36.9 Å². The molecule has 0 spiro atoms. The molecule has 5 rings (SSSR count). The maximum atomic E-state index is 13.4. The Labute approximate surface area is 215 Å². The highest BCUT2D eigenvalue weighted by atomic mass is 16.5. The lowest BCUT2D eigenvalue weighted by Gasteiger charge is -2.35. The molecule has 0 aliphatic carbocycles. The number of urea groups is 1. The van der Waals surface area contributed by atoms with Crippen molar-refractivity contribution in [3.8, 4) is 22.9 Å². The van der Waals surface area contributed by atoms with Gasteiger partial charge < -0.3 is 19.3 Å². The lowest BCUT2D eigenvalue weighted by Crippen LogP contribution is -2.46. The molecule has 2 heterocycles. The molecule has 3 aromatic carbocycles. The van der Waals surface area contributed by atoms with E-state index in [9.17, 15) is 4.79 Å². The summed E-state index contributed by atoms with van der Waals surface area (Å²) in [6, 6.07) is 22.2. The Balaban J connectivity index is 1.64. The minimum atomic E-state index is -0.521. The number of hydrogen-bond donors (Lipinski definition) is 1. The molecule has 0 radical (unpaired) electrons. The van der Waals surface area contributed by atoms with Gasteiger partial charge in [-0.3, -0.25) is 4.90 Å². The van der Waals surface area contributed by atoms with Gasteiger partial charge in [-0.25, -0.2) is 4.79 Å². The molecule has 1 unspecified atom stereocenters. The number of ether oxygens (including phenoxy) is 2. The zero-order chi connectivity index (χ0) is 25.9. The lowest BCUT2D eigenvalue weighted by atomic mass is 9.94. The molecule has 2 amide bonds. The third kappa shape index (κ3) is 4.65. The van der Waals surface area contributed by atoms with Crippen LogP contribution in [0.15, 0.2) is 83.0 Å². The summed E-state index contributed by atoms with van der Waals surface area (Å²) in [6.07, 6.45) is 0.916. The number of carbonyl (C=O) groups is 1. The maximum Gasteiger partial charge on any atom is 0.326 e. The zero-order valence-electron chi connectivity index (χ0n) is 21.2. The van der Waals surface area contributed by atoms with Crippen LogP contribution < -0.4 is 19.7 Å². The number of benzene rings is 3. The van der Waals surface area contributed by atoms with E-state index in [0.717, 1.165) is 23.2 Å². The summed E-state index contributed by atoms with van der Waals surface area (Å²) in [5.41, 5.74) is 4.94. The number of anilines is 1. The first-order valence-electron chi connectivity index (χ1n) is 12.0. The number of nitrogens with zero attached hydrogens (tertiary/aromatic N) is 3. The fraction of sp³-hybridized carbons (Fsp3) is 0.207. The number of allylic oxidation sites excluding steroid dienone is 1. The molecule has 1 aliphatic rings. The first-order chi connectivity index (χ1) is 18.0. The van der Waals surface area contributed by atoms with Crippen molar-refractivity contribution in [3.05, 3.63) is 95.5 Å². The highest BCUT2D eigenvalue weighted by molar-refractivity contribution is 6.01. The predicted molar refractivity (Wildman–Crippen MR) is 141 cm³/mol. The van der Waals surface area contributed by atoms with E-state index < -0.39 is 6.04 Å². The van der Waals surface area contributed by atoms with E-state index in [2.05, 4.69) is 17.4 Å². The Bertz CT molecular complexity index is 1460. The van der Waals surface area contributed by atoms with Gasteiger partial charge in [0.15, 0.2) is 0 Å². The van der Waals surface area contributed by atoms with Crippen LogP contribution in [0.2, 0.25) is 0 Å². The molecular formula is C29H28N4O4. The van der Waals surface area contributed by atoms with Gasteiger partial charge in [-0.2, -0.15) is 4.98 Å². The number of aromatic nitrogens is 2. The van der Waals surface area contributed by atoms with Crippen molar-refractivity contribution in [1.29, 1.82) is 0 Å². The van der Waals surface area contributed by atoms with Gasteiger partial charge in [0.2, 0.25) is 5.82 Å². The highest BCUT2D eigenvalue weighted by Gasteiger charge is 2.36. The largest absolute Gasteiger partial charge is 0.497 e. The fourth-order valence-electron chi connectivity index (χ4n) is 4.50. The molecule has 0 saturated carbocycles. The van der Waals surface area contributed by atoms with Crippen molar-refractivity contribution in [2.75, 3.05) is 19.1 Å². The average molecular weight is 497 g/mol. The summed E-state index contributed by atoms with van der Waals surface area (Å²) in [6.45, 7) is 3.99. The summed E-state index contributed by atoms with van der Waals surface area (Å²) >= 11 is 0. The Kier molecular flexibility index (Phi) is 6.64. The van der Waals surface area contributed by atoms with Gasteiger partial charge in [-0.15, -0.1) is 0 Å². The molecule has 188 valence electrons. The average Bonchev–Trinajstić information content (AvgIpc) is 3.43. The second kappa shape index (κ2) is 10.2. The number of carbonyl (C=O) groups excluding carboxylic acids is 1. The van der Waals surface area contributed by atoms with Crippen LogP contribution in [0.25, 0.3) is 17.0 Å². The van der Waals surface area contributed by atoms with Crippen molar-refractivity contribution in [2.24, 2.45) is 0 Å². The monoisotopic (exact) mass is 496 g/mol. The second-order valence-electron chi connectivity index (χ2n) is 8.67. The zero-order valence-corrected chi connectivity index (χ0v) is 21.2. The van der Waals surface area contributed by atoms with Gasteiger partial charge >= 0.3 is 6.03 Å². The number of methoxy groups -OCH3 is 2. The standard InChI is InChI=1S/C29H28N4O4/c1-5-19-12-14-22(15-13-19)33-18(2)25(26(30-29(33)34)20-8-6-10-23(16-20)35-3)28-31-27(32-37-28)21-9-7-11-24(17-21)36-4/h6-17,26H,5H2,1-4H3,(H,30,34). The molecule has 1 aromatic heterocycles. The molecule has 4 aromatic rings. The number of hydrogen-bond acceptors (Lipinski definition) is 6.